The Labute approximate surface area is 164 Å². The molecule has 0 aliphatic heterocycles. The SMILES string of the molecule is Cc1cc(-n2nc(CCc3ccccc3)nc2C(C)Cn2cccn2)ccn1. The Balaban J connectivity index is 1.63. The van der Waals surface area contributed by atoms with E-state index in [1.54, 1.807) is 6.20 Å². The highest BCUT2D eigenvalue weighted by molar-refractivity contribution is 5.32. The molecule has 1 unspecified atom stereocenters. The van der Waals surface area contributed by atoms with E-state index in [4.69, 9.17) is 10.1 Å². The molecule has 3 aromatic heterocycles. The normalized spacial score (nSPS) is 12.2. The predicted molar refractivity (Wildman–Crippen MR) is 108 cm³/mol. The summed E-state index contributed by atoms with van der Waals surface area (Å²) in [6, 6.07) is 16.4. The van der Waals surface area contributed by atoms with Crippen molar-refractivity contribution in [2.24, 2.45) is 0 Å². The fourth-order valence-corrected chi connectivity index (χ4v) is 3.32. The van der Waals surface area contributed by atoms with Crippen molar-refractivity contribution in [1.29, 1.82) is 0 Å². The Morgan fingerprint density at radius 3 is 2.61 bits per heavy atom. The highest BCUT2D eigenvalue weighted by Crippen LogP contribution is 2.20. The van der Waals surface area contributed by atoms with Crippen molar-refractivity contribution in [3.63, 3.8) is 0 Å². The van der Waals surface area contributed by atoms with Gasteiger partial charge in [0.2, 0.25) is 0 Å². The van der Waals surface area contributed by atoms with Gasteiger partial charge in [0.25, 0.3) is 0 Å². The molecule has 0 radical (unpaired) electrons. The highest BCUT2D eigenvalue weighted by Gasteiger charge is 2.18. The van der Waals surface area contributed by atoms with Gasteiger partial charge in [0.05, 0.1) is 12.2 Å². The molecule has 0 saturated carbocycles. The summed E-state index contributed by atoms with van der Waals surface area (Å²) in [6.07, 6.45) is 7.33. The fraction of sp³-hybridized carbons (Fsp3) is 0.273. The van der Waals surface area contributed by atoms with Gasteiger partial charge in [0.15, 0.2) is 5.82 Å². The van der Waals surface area contributed by atoms with Crippen LogP contribution >= 0.6 is 0 Å². The van der Waals surface area contributed by atoms with Crippen molar-refractivity contribution >= 4 is 0 Å². The molecule has 4 rings (SSSR count). The molecular weight excluding hydrogens is 348 g/mol. The monoisotopic (exact) mass is 372 g/mol. The topological polar surface area (TPSA) is 61.4 Å². The number of pyridine rings is 1. The summed E-state index contributed by atoms with van der Waals surface area (Å²) >= 11 is 0. The summed E-state index contributed by atoms with van der Waals surface area (Å²) in [4.78, 5) is 9.21. The number of benzene rings is 1. The van der Waals surface area contributed by atoms with E-state index in [1.807, 2.05) is 52.9 Å². The van der Waals surface area contributed by atoms with E-state index in [0.29, 0.717) is 0 Å². The number of aryl methyl sites for hydroxylation is 3. The van der Waals surface area contributed by atoms with Gasteiger partial charge in [-0.1, -0.05) is 37.3 Å². The predicted octanol–water partition coefficient (Wildman–Crippen LogP) is 3.76. The van der Waals surface area contributed by atoms with Gasteiger partial charge < -0.3 is 0 Å². The third kappa shape index (κ3) is 4.17. The Morgan fingerprint density at radius 1 is 1.00 bits per heavy atom. The van der Waals surface area contributed by atoms with Crippen molar-refractivity contribution in [1.82, 2.24) is 29.5 Å². The molecule has 0 saturated heterocycles. The molecule has 0 amide bonds. The lowest BCUT2D eigenvalue weighted by atomic mass is 10.1. The van der Waals surface area contributed by atoms with Crippen molar-refractivity contribution < 1.29 is 0 Å². The van der Waals surface area contributed by atoms with Crippen molar-refractivity contribution in [2.75, 3.05) is 0 Å². The van der Waals surface area contributed by atoms with E-state index >= 15 is 0 Å². The van der Waals surface area contributed by atoms with Gasteiger partial charge in [0, 0.05) is 36.6 Å². The van der Waals surface area contributed by atoms with E-state index in [9.17, 15) is 0 Å². The van der Waals surface area contributed by atoms with Gasteiger partial charge in [-0.2, -0.15) is 10.2 Å². The first-order valence-corrected chi connectivity index (χ1v) is 9.59. The summed E-state index contributed by atoms with van der Waals surface area (Å²) in [6.45, 7) is 4.91. The third-order valence-corrected chi connectivity index (χ3v) is 4.74. The molecule has 0 N–H and O–H groups in total. The van der Waals surface area contributed by atoms with Crippen LogP contribution in [0, 0.1) is 6.92 Å². The van der Waals surface area contributed by atoms with E-state index in [-0.39, 0.29) is 5.92 Å². The van der Waals surface area contributed by atoms with E-state index in [2.05, 4.69) is 41.3 Å². The Bertz CT molecular complexity index is 1020. The van der Waals surface area contributed by atoms with Crippen LogP contribution < -0.4 is 0 Å². The minimum atomic E-state index is 0.173. The minimum Gasteiger partial charge on any atom is -0.272 e. The molecule has 0 fully saturated rings. The molecule has 3 heterocycles. The number of hydrogen-bond donors (Lipinski definition) is 0. The van der Waals surface area contributed by atoms with Crippen LogP contribution in [0.1, 0.15) is 35.7 Å². The Hall–Kier alpha value is -3.28. The summed E-state index contributed by atoms with van der Waals surface area (Å²) < 4.78 is 3.90. The molecule has 0 bridgehead atoms. The van der Waals surface area contributed by atoms with Gasteiger partial charge in [0.1, 0.15) is 5.82 Å². The smallest absolute Gasteiger partial charge is 0.151 e. The molecule has 142 valence electrons. The maximum absolute atomic E-state index is 4.90. The largest absolute Gasteiger partial charge is 0.272 e. The molecule has 4 aromatic rings. The third-order valence-electron chi connectivity index (χ3n) is 4.74. The van der Waals surface area contributed by atoms with Crippen LogP contribution in [0.5, 0.6) is 0 Å². The molecule has 0 aliphatic rings. The molecule has 6 nitrogen and oxygen atoms in total. The van der Waals surface area contributed by atoms with Gasteiger partial charge in [-0.25, -0.2) is 9.67 Å². The maximum Gasteiger partial charge on any atom is 0.151 e. The maximum atomic E-state index is 4.90. The molecular formula is C22H24N6. The van der Waals surface area contributed by atoms with Crippen LogP contribution in [-0.4, -0.2) is 29.5 Å². The number of nitrogens with zero attached hydrogens (tertiary/aromatic N) is 6. The van der Waals surface area contributed by atoms with Crippen molar-refractivity contribution in [3.8, 4) is 5.69 Å². The number of hydrogen-bond acceptors (Lipinski definition) is 4. The van der Waals surface area contributed by atoms with Crippen LogP contribution in [0.3, 0.4) is 0 Å². The van der Waals surface area contributed by atoms with Crippen molar-refractivity contribution in [3.05, 3.63) is 90.0 Å². The summed E-state index contributed by atoms with van der Waals surface area (Å²) in [5.41, 5.74) is 3.25. The molecule has 1 atom stereocenters. The van der Waals surface area contributed by atoms with Crippen molar-refractivity contribution in [2.45, 2.75) is 39.2 Å². The first kappa shape index (κ1) is 18.1. The van der Waals surface area contributed by atoms with E-state index in [0.717, 1.165) is 42.4 Å². The minimum absolute atomic E-state index is 0.173. The fourth-order valence-electron chi connectivity index (χ4n) is 3.32. The number of rotatable bonds is 7. The lowest BCUT2D eigenvalue weighted by Crippen LogP contribution is -2.13. The van der Waals surface area contributed by atoms with Crippen LogP contribution in [0.2, 0.25) is 0 Å². The summed E-state index contributed by atoms with van der Waals surface area (Å²) in [7, 11) is 0. The zero-order valence-corrected chi connectivity index (χ0v) is 16.2. The molecule has 0 spiro atoms. The lowest BCUT2D eigenvalue weighted by Gasteiger charge is -2.13. The zero-order chi connectivity index (χ0) is 19.3. The molecule has 1 aromatic carbocycles. The van der Waals surface area contributed by atoms with Crippen LogP contribution in [0.4, 0.5) is 0 Å². The zero-order valence-electron chi connectivity index (χ0n) is 16.2. The van der Waals surface area contributed by atoms with Gasteiger partial charge in [-0.05, 0) is 37.1 Å². The second-order valence-electron chi connectivity index (χ2n) is 7.07. The van der Waals surface area contributed by atoms with Crippen LogP contribution in [0.15, 0.2) is 67.1 Å². The molecule has 28 heavy (non-hydrogen) atoms. The quantitative estimate of drug-likeness (QED) is 0.496. The summed E-state index contributed by atoms with van der Waals surface area (Å²) in [5, 5.41) is 9.17. The average Bonchev–Trinajstić information content (AvgIpc) is 3.37. The first-order chi connectivity index (χ1) is 13.7. The standard InChI is InChI=1S/C22H24N6/c1-17(16-27-14-6-12-24-27)22-25-21(10-9-19-7-4-3-5-8-19)26-28(22)20-11-13-23-18(2)15-20/h3-8,11-15,17H,9-10,16H2,1-2H3. The average molecular weight is 372 g/mol. The molecule has 0 aliphatic carbocycles. The molecule has 6 heteroatoms. The second-order valence-corrected chi connectivity index (χ2v) is 7.07. The summed E-state index contributed by atoms with van der Waals surface area (Å²) in [5.74, 6) is 1.98. The van der Waals surface area contributed by atoms with Gasteiger partial charge >= 0.3 is 0 Å². The number of aromatic nitrogens is 6. The first-order valence-electron chi connectivity index (χ1n) is 9.59. The van der Waals surface area contributed by atoms with E-state index < -0.39 is 0 Å². The Morgan fingerprint density at radius 2 is 1.86 bits per heavy atom. The second kappa shape index (κ2) is 8.17. The lowest BCUT2D eigenvalue weighted by molar-refractivity contribution is 0.515. The highest BCUT2D eigenvalue weighted by atomic mass is 15.4. The Kier molecular flexibility index (Phi) is 5.28. The van der Waals surface area contributed by atoms with Crippen LogP contribution in [-0.2, 0) is 19.4 Å². The van der Waals surface area contributed by atoms with Gasteiger partial charge in [-0.3, -0.25) is 9.67 Å². The van der Waals surface area contributed by atoms with Gasteiger partial charge in [-0.15, -0.1) is 0 Å². The van der Waals surface area contributed by atoms with Crippen LogP contribution in [0.25, 0.3) is 5.69 Å². The van der Waals surface area contributed by atoms with E-state index in [1.165, 1.54) is 5.56 Å².